The lowest BCUT2D eigenvalue weighted by Crippen LogP contribution is -2.17. The number of Topliss-reactive ketones (excluding diaryl/α,β-unsaturated/α-hetero) is 1. The molecule has 0 fully saturated rings. The molecule has 0 aliphatic rings. The minimum Gasteiger partial charge on any atom is -0.294 e. The third kappa shape index (κ3) is 3.94. The fourth-order valence-electron chi connectivity index (χ4n) is 2.76. The molecule has 0 saturated carbocycles. The quantitative estimate of drug-likeness (QED) is 0.552. The average Bonchev–Trinajstić information content (AvgIpc) is 3.14. The van der Waals surface area contributed by atoms with Crippen molar-refractivity contribution in [2.75, 3.05) is 0 Å². The zero-order chi connectivity index (χ0) is 18.7. The minimum absolute atomic E-state index is 0.0697. The van der Waals surface area contributed by atoms with Gasteiger partial charge < -0.3 is 0 Å². The van der Waals surface area contributed by atoms with Crippen molar-refractivity contribution >= 4 is 27.0 Å². The molecule has 3 rings (SSSR count). The first kappa shape index (κ1) is 18.5. The van der Waals surface area contributed by atoms with Crippen LogP contribution in [0.15, 0.2) is 70.9 Å². The normalized spacial score (nSPS) is 12.7. The number of hydrogen-bond acceptors (Lipinski definition) is 4. The van der Waals surface area contributed by atoms with Gasteiger partial charge in [-0.15, -0.1) is 11.3 Å². The van der Waals surface area contributed by atoms with Crippen LogP contribution < -0.4 is 0 Å². The highest BCUT2D eigenvalue weighted by Gasteiger charge is 2.32. The molecule has 0 amide bonds. The summed E-state index contributed by atoms with van der Waals surface area (Å²) in [6.45, 7) is 3.86. The smallest absolute Gasteiger partial charge is 0.186 e. The molecule has 5 heteroatoms. The molecule has 0 bridgehead atoms. The summed E-state index contributed by atoms with van der Waals surface area (Å²) in [6, 6.07) is 17.6. The summed E-state index contributed by atoms with van der Waals surface area (Å²) in [5.74, 6) is -0.168. The molecule has 3 nitrogen and oxygen atoms in total. The number of carbonyl (C=O) groups is 1. The molecule has 1 heterocycles. The van der Waals surface area contributed by atoms with E-state index in [1.54, 1.807) is 42.5 Å². The van der Waals surface area contributed by atoms with Crippen LogP contribution in [0.25, 0.3) is 0 Å². The van der Waals surface area contributed by atoms with Crippen LogP contribution in [-0.2, 0) is 9.84 Å². The SMILES string of the molecule is Cc1ccc(C(=O)C[C@H](c2cccs2)S(=O)(=O)c2ccc(C)cc2)cc1. The Bertz CT molecular complexity index is 984. The predicted octanol–water partition coefficient (Wildman–Crippen LogP) is 5.15. The van der Waals surface area contributed by atoms with Crippen molar-refractivity contribution in [2.24, 2.45) is 0 Å². The van der Waals surface area contributed by atoms with Gasteiger partial charge in [0, 0.05) is 16.9 Å². The molecule has 1 aromatic heterocycles. The predicted molar refractivity (Wildman–Crippen MR) is 106 cm³/mol. The number of ketones is 1. The van der Waals surface area contributed by atoms with Crippen LogP contribution in [0, 0.1) is 13.8 Å². The van der Waals surface area contributed by atoms with E-state index in [-0.39, 0.29) is 17.1 Å². The van der Waals surface area contributed by atoms with Crippen molar-refractivity contribution in [3.63, 3.8) is 0 Å². The van der Waals surface area contributed by atoms with E-state index in [0.717, 1.165) is 11.1 Å². The number of thiophene rings is 1. The molecule has 0 unspecified atom stereocenters. The molecule has 0 radical (unpaired) electrons. The zero-order valence-corrected chi connectivity index (χ0v) is 16.3. The molecule has 2 aromatic carbocycles. The monoisotopic (exact) mass is 384 g/mol. The lowest BCUT2D eigenvalue weighted by atomic mass is 10.0. The van der Waals surface area contributed by atoms with E-state index in [2.05, 4.69) is 0 Å². The number of benzene rings is 2. The van der Waals surface area contributed by atoms with Crippen LogP contribution in [0.3, 0.4) is 0 Å². The second-order valence-corrected chi connectivity index (χ2v) is 9.47. The van der Waals surface area contributed by atoms with E-state index in [9.17, 15) is 13.2 Å². The van der Waals surface area contributed by atoms with E-state index in [1.807, 2.05) is 37.4 Å². The van der Waals surface area contributed by atoms with Gasteiger partial charge in [-0.1, -0.05) is 53.6 Å². The maximum absolute atomic E-state index is 13.2. The van der Waals surface area contributed by atoms with E-state index in [1.165, 1.54) is 11.3 Å². The number of aryl methyl sites for hydroxylation is 2. The third-order valence-electron chi connectivity index (χ3n) is 4.33. The van der Waals surface area contributed by atoms with Gasteiger partial charge in [0.05, 0.1) is 4.90 Å². The number of carbonyl (C=O) groups excluding carboxylic acids is 1. The van der Waals surface area contributed by atoms with Crippen molar-refractivity contribution in [3.8, 4) is 0 Å². The van der Waals surface area contributed by atoms with Gasteiger partial charge in [0.2, 0.25) is 0 Å². The van der Waals surface area contributed by atoms with Crippen LogP contribution in [0.2, 0.25) is 0 Å². The van der Waals surface area contributed by atoms with Crippen LogP contribution >= 0.6 is 11.3 Å². The summed E-state index contributed by atoms with van der Waals surface area (Å²) in [5.41, 5.74) is 2.59. The molecule has 26 heavy (non-hydrogen) atoms. The number of hydrogen-bond donors (Lipinski definition) is 0. The Morgan fingerprint density at radius 2 is 1.50 bits per heavy atom. The molecule has 134 valence electrons. The zero-order valence-electron chi connectivity index (χ0n) is 14.7. The topological polar surface area (TPSA) is 51.2 Å². The van der Waals surface area contributed by atoms with Crippen molar-refractivity contribution in [2.45, 2.75) is 30.4 Å². The average molecular weight is 385 g/mol. The lowest BCUT2D eigenvalue weighted by molar-refractivity contribution is 0.0981. The summed E-state index contributed by atoms with van der Waals surface area (Å²) >= 11 is 1.36. The van der Waals surface area contributed by atoms with E-state index in [0.29, 0.717) is 10.4 Å². The Morgan fingerprint density at radius 1 is 0.923 bits per heavy atom. The molecule has 0 saturated heterocycles. The Morgan fingerprint density at radius 3 is 2.04 bits per heavy atom. The van der Waals surface area contributed by atoms with Crippen LogP contribution in [0.4, 0.5) is 0 Å². The Hall–Kier alpha value is -2.24. The first-order valence-electron chi connectivity index (χ1n) is 8.32. The fourth-order valence-corrected chi connectivity index (χ4v) is 5.61. The van der Waals surface area contributed by atoms with Crippen molar-refractivity contribution in [1.82, 2.24) is 0 Å². The van der Waals surface area contributed by atoms with Gasteiger partial charge in [-0.2, -0.15) is 0 Å². The van der Waals surface area contributed by atoms with E-state index < -0.39 is 15.1 Å². The Kier molecular flexibility index (Phi) is 5.39. The molecule has 1 atom stereocenters. The molecular formula is C21H20O3S2. The van der Waals surface area contributed by atoms with E-state index in [4.69, 9.17) is 0 Å². The summed E-state index contributed by atoms with van der Waals surface area (Å²) in [7, 11) is -3.66. The summed E-state index contributed by atoms with van der Waals surface area (Å²) in [6.07, 6.45) is -0.0697. The largest absolute Gasteiger partial charge is 0.294 e. The van der Waals surface area contributed by atoms with Crippen LogP contribution in [0.5, 0.6) is 0 Å². The minimum atomic E-state index is -3.66. The van der Waals surface area contributed by atoms with Crippen molar-refractivity contribution < 1.29 is 13.2 Å². The third-order valence-corrected chi connectivity index (χ3v) is 7.56. The summed E-state index contributed by atoms with van der Waals surface area (Å²) in [4.78, 5) is 13.7. The molecule has 3 aromatic rings. The molecule has 0 spiro atoms. The van der Waals surface area contributed by atoms with Gasteiger partial charge in [-0.25, -0.2) is 8.42 Å². The standard InChI is InChI=1S/C21H20O3S2/c1-15-5-9-17(10-6-15)19(22)14-21(20-4-3-13-25-20)26(23,24)18-11-7-16(2)8-12-18/h3-13,21H,14H2,1-2H3/t21-/m1/s1. The second kappa shape index (κ2) is 7.56. The fraction of sp³-hybridized carbons (Fsp3) is 0.190. The number of sulfone groups is 1. The lowest BCUT2D eigenvalue weighted by Gasteiger charge is -2.16. The van der Waals surface area contributed by atoms with Gasteiger partial charge in [0.25, 0.3) is 0 Å². The van der Waals surface area contributed by atoms with Gasteiger partial charge in [0.15, 0.2) is 15.6 Å². The maximum Gasteiger partial charge on any atom is 0.186 e. The highest BCUT2D eigenvalue weighted by molar-refractivity contribution is 7.91. The molecule has 0 aliphatic heterocycles. The summed E-state index contributed by atoms with van der Waals surface area (Å²) < 4.78 is 26.4. The van der Waals surface area contributed by atoms with Gasteiger partial charge >= 0.3 is 0 Å². The molecular weight excluding hydrogens is 364 g/mol. The first-order valence-corrected chi connectivity index (χ1v) is 10.7. The van der Waals surface area contributed by atoms with Gasteiger partial charge in [-0.05, 0) is 37.4 Å². The molecule has 0 N–H and O–H groups in total. The molecule has 0 aliphatic carbocycles. The maximum atomic E-state index is 13.2. The van der Waals surface area contributed by atoms with E-state index >= 15 is 0 Å². The van der Waals surface area contributed by atoms with Crippen LogP contribution in [-0.4, -0.2) is 14.2 Å². The number of rotatable bonds is 6. The van der Waals surface area contributed by atoms with Crippen molar-refractivity contribution in [1.29, 1.82) is 0 Å². The van der Waals surface area contributed by atoms with Gasteiger partial charge in [0.1, 0.15) is 5.25 Å². The van der Waals surface area contributed by atoms with Gasteiger partial charge in [-0.3, -0.25) is 4.79 Å². The van der Waals surface area contributed by atoms with Crippen LogP contribution in [0.1, 0.15) is 38.0 Å². The summed E-state index contributed by atoms with van der Waals surface area (Å²) in [5, 5.41) is 0.961. The first-order chi connectivity index (χ1) is 12.4. The Balaban J connectivity index is 1.97. The highest BCUT2D eigenvalue weighted by atomic mass is 32.2. The van der Waals surface area contributed by atoms with Crippen molar-refractivity contribution in [3.05, 3.63) is 87.6 Å². The highest BCUT2D eigenvalue weighted by Crippen LogP contribution is 2.35. The Labute approximate surface area is 158 Å². The second-order valence-electron chi connectivity index (χ2n) is 6.36.